The van der Waals surface area contributed by atoms with E-state index in [-0.39, 0.29) is 29.3 Å². The lowest BCUT2D eigenvalue weighted by atomic mass is 10.0. The number of carbonyl (C=O) groups excluding carboxylic acids is 2. The second-order valence-electron chi connectivity index (χ2n) is 7.37. The van der Waals surface area contributed by atoms with Gasteiger partial charge in [0.15, 0.2) is 0 Å². The molecule has 1 aliphatic carbocycles. The van der Waals surface area contributed by atoms with Crippen molar-refractivity contribution in [2.75, 3.05) is 25.0 Å². The molecule has 1 aliphatic heterocycles. The van der Waals surface area contributed by atoms with Crippen molar-refractivity contribution < 1.29 is 18.0 Å². The van der Waals surface area contributed by atoms with Gasteiger partial charge in [0, 0.05) is 32.2 Å². The molecular weight excluding hydrogens is 366 g/mol. The van der Waals surface area contributed by atoms with Gasteiger partial charge >= 0.3 is 0 Å². The van der Waals surface area contributed by atoms with Crippen molar-refractivity contribution >= 4 is 27.5 Å². The average molecular weight is 394 g/mol. The average Bonchev–Trinajstić information content (AvgIpc) is 3.13. The fraction of sp³-hybridized carbons (Fsp3) is 0.579. The van der Waals surface area contributed by atoms with Crippen LogP contribution in [0.1, 0.15) is 44.6 Å². The lowest BCUT2D eigenvalue weighted by Gasteiger charge is -2.29. The predicted octanol–water partition coefficient (Wildman–Crippen LogP) is 1.67. The van der Waals surface area contributed by atoms with E-state index in [1.807, 2.05) is 0 Å². The van der Waals surface area contributed by atoms with E-state index in [1.165, 1.54) is 20.0 Å². The number of benzene rings is 1. The zero-order chi connectivity index (χ0) is 19.6. The van der Waals surface area contributed by atoms with Gasteiger partial charge in [-0.2, -0.15) is 4.31 Å². The van der Waals surface area contributed by atoms with Crippen molar-refractivity contribution in [3.05, 3.63) is 23.8 Å². The van der Waals surface area contributed by atoms with Crippen molar-refractivity contribution in [2.24, 2.45) is 0 Å². The van der Waals surface area contributed by atoms with Crippen molar-refractivity contribution in [2.45, 2.75) is 56.4 Å². The van der Waals surface area contributed by atoms with E-state index in [2.05, 4.69) is 5.32 Å². The molecule has 8 heteroatoms. The van der Waals surface area contributed by atoms with Crippen molar-refractivity contribution in [3.8, 4) is 0 Å². The number of fused-ring (bicyclic) bond motifs is 1. The number of rotatable bonds is 5. The van der Waals surface area contributed by atoms with E-state index in [4.69, 9.17) is 0 Å². The van der Waals surface area contributed by atoms with Gasteiger partial charge in [-0.1, -0.05) is 12.8 Å². The molecule has 1 N–H and O–H groups in total. The van der Waals surface area contributed by atoms with E-state index in [9.17, 15) is 18.0 Å². The second kappa shape index (κ2) is 7.98. The molecule has 1 saturated carbocycles. The molecule has 1 heterocycles. The molecule has 1 aromatic rings. The highest BCUT2D eigenvalue weighted by atomic mass is 32.2. The van der Waals surface area contributed by atoms with Crippen LogP contribution in [0.15, 0.2) is 23.1 Å². The largest absolute Gasteiger partial charge is 0.352 e. The lowest BCUT2D eigenvalue weighted by molar-refractivity contribution is -0.121. The molecule has 1 fully saturated rings. The number of hydrogen-bond acceptors (Lipinski definition) is 4. The summed E-state index contributed by atoms with van der Waals surface area (Å²) in [5.74, 6) is -0.319. The Balaban J connectivity index is 1.74. The van der Waals surface area contributed by atoms with Crippen LogP contribution in [0.4, 0.5) is 5.69 Å². The molecule has 0 unspecified atom stereocenters. The molecule has 1 aromatic carbocycles. The zero-order valence-corrected chi connectivity index (χ0v) is 16.7. The SMILES string of the molecule is CC(=O)N1CCCc2cc(S(=O)(=O)N(C)CC(=O)NC3CCCC3)ccc21. The summed E-state index contributed by atoms with van der Waals surface area (Å²) in [7, 11) is -2.35. The highest BCUT2D eigenvalue weighted by molar-refractivity contribution is 7.89. The first-order chi connectivity index (χ1) is 12.8. The Hall–Kier alpha value is -1.93. The quantitative estimate of drug-likeness (QED) is 0.824. The summed E-state index contributed by atoms with van der Waals surface area (Å²) in [4.78, 5) is 25.8. The number of hydrogen-bond donors (Lipinski definition) is 1. The maximum atomic E-state index is 12.9. The number of aryl methyl sites for hydroxylation is 1. The van der Waals surface area contributed by atoms with E-state index in [0.29, 0.717) is 6.54 Å². The van der Waals surface area contributed by atoms with Crippen LogP contribution in [0.3, 0.4) is 0 Å². The number of anilines is 1. The summed E-state index contributed by atoms with van der Waals surface area (Å²) >= 11 is 0. The van der Waals surface area contributed by atoms with Gasteiger partial charge in [0.25, 0.3) is 0 Å². The lowest BCUT2D eigenvalue weighted by Crippen LogP contribution is -2.41. The summed E-state index contributed by atoms with van der Waals surface area (Å²) < 4.78 is 26.8. The Bertz CT molecular complexity index is 831. The normalized spacial score (nSPS) is 17.8. The topological polar surface area (TPSA) is 86.8 Å². The third kappa shape index (κ3) is 4.32. The highest BCUT2D eigenvalue weighted by Gasteiger charge is 2.27. The number of nitrogens with zero attached hydrogens (tertiary/aromatic N) is 2. The van der Waals surface area contributed by atoms with Crippen LogP contribution in [-0.4, -0.2) is 50.7 Å². The van der Waals surface area contributed by atoms with Gasteiger partial charge in [0.2, 0.25) is 21.8 Å². The third-order valence-electron chi connectivity index (χ3n) is 5.34. The summed E-state index contributed by atoms with van der Waals surface area (Å²) in [6, 6.07) is 5.00. The van der Waals surface area contributed by atoms with Crippen LogP contribution in [0, 0.1) is 0 Å². The number of nitrogens with one attached hydrogen (secondary N) is 1. The van der Waals surface area contributed by atoms with E-state index < -0.39 is 10.0 Å². The minimum absolute atomic E-state index is 0.0488. The minimum Gasteiger partial charge on any atom is -0.352 e. The molecule has 0 radical (unpaired) electrons. The molecule has 0 spiro atoms. The monoisotopic (exact) mass is 393 g/mol. The van der Waals surface area contributed by atoms with Crippen LogP contribution in [0.5, 0.6) is 0 Å². The van der Waals surface area contributed by atoms with E-state index in [1.54, 1.807) is 17.0 Å². The van der Waals surface area contributed by atoms with Gasteiger partial charge in [0.05, 0.1) is 11.4 Å². The molecule has 27 heavy (non-hydrogen) atoms. The van der Waals surface area contributed by atoms with Crippen LogP contribution in [-0.2, 0) is 26.0 Å². The van der Waals surface area contributed by atoms with Gasteiger partial charge in [-0.25, -0.2) is 8.42 Å². The number of sulfonamides is 1. The first-order valence-electron chi connectivity index (χ1n) is 9.46. The predicted molar refractivity (Wildman–Crippen MR) is 103 cm³/mol. The molecule has 0 saturated heterocycles. The first kappa shape index (κ1) is 19.8. The third-order valence-corrected chi connectivity index (χ3v) is 7.14. The molecule has 148 valence electrons. The smallest absolute Gasteiger partial charge is 0.243 e. The first-order valence-corrected chi connectivity index (χ1v) is 10.9. The van der Waals surface area contributed by atoms with E-state index in [0.717, 1.165) is 54.1 Å². The van der Waals surface area contributed by atoms with Crippen LogP contribution in [0.2, 0.25) is 0 Å². The summed E-state index contributed by atoms with van der Waals surface area (Å²) in [5.41, 5.74) is 1.62. The molecule has 0 bridgehead atoms. The van der Waals surface area contributed by atoms with Crippen LogP contribution >= 0.6 is 0 Å². The van der Waals surface area contributed by atoms with Gasteiger partial charge in [-0.15, -0.1) is 0 Å². The molecular formula is C19H27N3O4S. The number of carbonyl (C=O) groups is 2. The van der Waals surface area contributed by atoms with Crippen molar-refractivity contribution in [3.63, 3.8) is 0 Å². The summed E-state index contributed by atoms with van der Waals surface area (Å²) in [5, 5.41) is 2.91. The van der Waals surface area contributed by atoms with Gasteiger partial charge in [-0.3, -0.25) is 9.59 Å². The Morgan fingerprint density at radius 1 is 1.22 bits per heavy atom. The van der Waals surface area contributed by atoms with Gasteiger partial charge in [0.1, 0.15) is 0 Å². The number of likely N-dealkylation sites (N-methyl/N-ethyl adjacent to an activating group) is 1. The molecule has 3 rings (SSSR count). The minimum atomic E-state index is -3.77. The summed E-state index contributed by atoms with van der Waals surface area (Å²) in [6.45, 7) is 1.96. The molecule has 2 amide bonds. The highest BCUT2D eigenvalue weighted by Crippen LogP contribution is 2.30. The molecule has 2 aliphatic rings. The Morgan fingerprint density at radius 2 is 1.93 bits per heavy atom. The number of amides is 2. The van der Waals surface area contributed by atoms with Crippen molar-refractivity contribution in [1.82, 2.24) is 9.62 Å². The van der Waals surface area contributed by atoms with Crippen LogP contribution < -0.4 is 10.2 Å². The molecule has 7 nitrogen and oxygen atoms in total. The van der Waals surface area contributed by atoms with Gasteiger partial charge < -0.3 is 10.2 Å². The van der Waals surface area contributed by atoms with Gasteiger partial charge in [-0.05, 0) is 49.4 Å². The summed E-state index contributed by atoms with van der Waals surface area (Å²) in [6.07, 6.45) is 5.65. The Kier molecular flexibility index (Phi) is 5.86. The maximum Gasteiger partial charge on any atom is 0.243 e. The molecule has 0 aromatic heterocycles. The fourth-order valence-electron chi connectivity index (χ4n) is 3.87. The second-order valence-corrected chi connectivity index (χ2v) is 9.42. The Morgan fingerprint density at radius 3 is 2.59 bits per heavy atom. The maximum absolute atomic E-state index is 12.9. The van der Waals surface area contributed by atoms with Crippen LogP contribution in [0.25, 0.3) is 0 Å². The zero-order valence-electron chi connectivity index (χ0n) is 15.9. The molecule has 0 atom stereocenters. The fourth-order valence-corrected chi connectivity index (χ4v) is 5.05. The Labute approximate surface area is 160 Å². The standard InChI is InChI=1S/C19H27N3O4S/c1-14(23)22-11-5-6-15-12-17(9-10-18(15)22)27(25,26)21(2)13-19(24)20-16-7-3-4-8-16/h9-10,12,16H,3-8,11,13H2,1-2H3,(H,20,24). The van der Waals surface area contributed by atoms with E-state index >= 15 is 0 Å². The van der Waals surface area contributed by atoms with Crippen molar-refractivity contribution in [1.29, 1.82) is 0 Å².